The number of aromatic nitrogens is 5. The van der Waals surface area contributed by atoms with Crippen LogP contribution in [0.15, 0.2) is 52.9 Å². The van der Waals surface area contributed by atoms with Crippen LogP contribution in [0.1, 0.15) is 82.8 Å². The molecule has 5 rings (SSSR count). The zero-order valence-electron chi connectivity index (χ0n) is 23.1. The van der Waals surface area contributed by atoms with Crippen LogP contribution in [0.4, 0.5) is 5.13 Å². The van der Waals surface area contributed by atoms with E-state index >= 15 is 0 Å². The van der Waals surface area contributed by atoms with Crippen molar-refractivity contribution in [3.63, 3.8) is 0 Å². The number of benzene rings is 2. The highest BCUT2D eigenvalue weighted by Crippen LogP contribution is 2.32. The summed E-state index contributed by atoms with van der Waals surface area (Å²) in [5.74, 6) is 1.55. The molecule has 0 saturated carbocycles. The summed E-state index contributed by atoms with van der Waals surface area (Å²) < 4.78 is 0.996. The second-order valence-corrected chi connectivity index (χ2v) is 13.3. The average Bonchev–Trinajstić information content (AvgIpc) is 3.65. The van der Waals surface area contributed by atoms with Crippen molar-refractivity contribution in [2.45, 2.75) is 61.8 Å². The van der Waals surface area contributed by atoms with E-state index in [1.54, 1.807) is 18.0 Å². The molecule has 0 bridgehead atoms. The lowest BCUT2D eigenvalue weighted by atomic mass is 9.87. The van der Waals surface area contributed by atoms with Crippen molar-refractivity contribution in [2.75, 3.05) is 18.4 Å². The number of piperidine rings is 1. The Hall–Kier alpha value is -3.57. The van der Waals surface area contributed by atoms with E-state index in [4.69, 9.17) is 0 Å². The lowest BCUT2D eigenvalue weighted by Gasteiger charge is -2.31. The minimum absolute atomic E-state index is 0.0376. The Labute approximate surface area is 242 Å². The second-order valence-electron chi connectivity index (χ2n) is 11.0. The van der Waals surface area contributed by atoms with Gasteiger partial charge in [0.2, 0.25) is 0 Å². The molecule has 40 heavy (non-hydrogen) atoms. The van der Waals surface area contributed by atoms with Gasteiger partial charge < -0.3 is 4.90 Å². The summed E-state index contributed by atoms with van der Waals surface area (Å²) >= 11 is 3.09. The molecule has 2 aromatic heterocycles. The molecule has 3 heterocycles. The monoisotopic (exact) mass is 575 g/mol. The van der Waals surface area contributed by atoms with E-state index in [-0.39, 0.29) is 23.1 Å². The number of thioether (sulfide) groups is 1. The van der Waals surface area contributed by atoms with E-state index in [0.29, 0.717) is 29.5 Å². The number of H-pyrrole nitrogens is 1. The molecule has 0 atom stereocenters. The topological polar surface area (TPSA) is 117 Å². The van der Waals surface area contributed by atoms with Gasteiger partial charge in [0.1, 0.15) is 0 Å². The van der Waals surface area contributed by atoms with Crippen molar-refractivity contribution in [1.29, 1.82) is 0 Å². The number of carbonyl (C=O) groups is 2. The third-order valence-corrected chi connectivity index (χ3v) is 9.32. The number of carbonyl (C=O) groups excluding carboxylic acids is 2. The molecule has 0 radical (unpaired) electrons. The van der Waals surface area contributed by atoms with Gasteiger partial charge in [-0.3, -0.25) is 14.9 Å². The highest BCUT2D eigenvalue weighted by Gasteiger charge is 2.27. The largest absolute Gasteiger partial charge is 0.339 e. The molecule has 2 N–H and O–H groups in total. The lowest BCUT2D eigenvalue weighted by molar-refractivity contribution is 0.0710. The maximum absolute atomic E-state index is 13.4. The third-order valence-electron chi connectivity index (χ3n) is 7.14. The van der Waals surface area contributed by atoms with Gasteiger partial charge in [-0.25, -0.2) is 4.98 Å². The van der Waals surface area contributed by atoms with E-state index in [1.165, 1.54) is 16.9 Å². The fraction of sp³-hybridized carbons (Fsp3) is 0.379. The predicted molar refractivity (Wildman–Crippen MR) is 158 cm³/mol. The van der Waals surface area contributed by atoms with Gasteiger partial charge in [-0.1, -0.05) is 61.6 Å². The molecular weight excluding hydrogens is 543 g/mol. The van der Waals surface area contributed by atoms with E-state index in [9.17, 15) is 9.59 Å². The van der Waals surface area contributed by atoms with Gasteiger partial charge >= 0.3 is 0 Å². The summed E-state index contributed by atoms with van der Waals surface area (Å²) in [6.07, 6.45) is 3.43. The van der Waals surface area contributed by atoms with Gasteiger partial charge in [0, 0.05) is 35.9 Å². The number of aromatic amines is 1. The third kappa shape index (κ3) is 6.59. The van der Waals surface area contributed by atoms with Crippen LogP contribution in [0.3, 0.4) is 0 Å². The maximum Gasteiger partial charge on any atom is 0.257 e. The molecule has 2 amide bonds. The van der Waals surface area contributed by atoms with Gasteiger partial charge in [-0.15, -0.1) is 22.0 Å². The van der Waals surface area contributed by atoms with Crippen LogP contribution >= 0.6 is 23.1 Å². The fourth-order valence-corrected chi connectivity index (χ4v) is 6.48. The molecule has 1 aliphatic heterocycles. The Morgan fingerprint density at radius 2 is 1.88 bits per heavy atom. The molecule has 4 aromatic rings. The molecule has 0 spiro atoms. The van der Waals surface area contributed by atoms with Gasteiger partial charge in [-0.05, 0) is 60.1 Å². The number of hydrogen-bond donors (Lipinski definition) is 2. The van der Waals surface area contributed by atoms with Gasteiger partial charge in [0.25, 0.3) is 11.8 Å². The number of rotatable bonds is 7. The van der Waals surface area contributed by atoms with Crippen LogP contribution in [0.25, 0.3) is 0 Å². The van der Waals surface area contributed by atoms with Crippen LogP contribution in [-0.4, -0.2) is 55.4 Å². The molecule has 208 valence electrons. The number of nitrogens with one attached hydrogen (secondary N) is 2. The number of thiazole rings is 1. The summed E-state index contributed by atoms with van der Waals surface area (Å²) in [6, 6.07) is 13.8. The molecule has 0 aliphatic carbocycles. The van der Waals surface area contributed by atoms with Crippen LogP contribution in [-0.2, 0) is 11.2 Å². The first-order chi connectivity index (χ1) is 19.2. The number of aryl methyl sites for hydroxylation is 1. The fourth-order valence-electron chi connectivity index (χ4n) is 4.67. The first kappa shape index (κ1) is 28.0. The van der Waals surface area contributed by atoms with Crippen molar-refractivity contribution in [3.8, 4) is 0 Å². The van der Waals surface area contributed by atoms with Crippen LogP contribution in [0, 0.1) is 6.92 Å². The number of anilines is 1. The molecule has 0 unspecified atom stereocenters. The normalized spacial score (nSPS) is 14.3. The minimum atomic E-state index is -0.172. The zero-order valence-corrected chi connectivity index (χ0v) is 24.7. The van der Waals surface area contributed by atoms with Crippen LogP contribution < -0.4 is 5.32 Å². The summed E-state index contributed by atoms with van der Waals surface area (Å²) in [7, 11) is 0. The molecule has 1 fully saturated rings. The zero-order chi connectivity index (χ0) is 28.3. The quantitative estimate of drug-likeness (QED) is 0.267. The van der Waals surface area contributed by atoms with Crippen molar-refractivity contribution in [2.24, 2.45) is 0 Å². The van der Waals surface area contributed by atoms with Gasteiger partial charge in [0.05, 0.1) is 10.4 Å². The Morgan fingerprint density at radius 3 is 2.55 bits per heavy atom. The Bertz CT molecular complexity index is 1470. The molecule has 1 saturated heterocycles. The smallest absolute Gasteiger partial charge is 0.257 e. The van der Waals surface area contributed by atoms with Gasteiger partial charge in [-0.2, -0.15) is 5.21 Å². The average molecular weight is 576 g/mol. The molecule has 1 aliphatic rings. The summed E-state index contributed by atoms with van der Waals surface area (Å²) in [5, 5.41) is 17.8. The van der Waals surface area contributed by atoms with Gasteiger partial charge in [0.15, 0.2) is 11.0 Å². The first-order valence-electron chi connectivity index (χ1n) is 13.3. The van der Waals surface area contributed by atoms with Crippen molar-refractivity contribution in [1.82, 2.24) is 30.5 Å². The summed E-state index contributed by atoms with van der Waals surface area (Å²) in [6.45, 7) is 9.77. The standard InChI is InChI=1S/C29H33N7O2S2/c1-18-5-6-19(15-23(18)27(38)36-13-11-20(12-14-36)25-32-34-35-33-25)17-39-24-16-30-28(40-24)31-26(37)21-7-9-22(10-8-21)29(2,3)4/h5-10,15-16,20H,11-14,17H2,1-4H3,(H,30,31,37)(H,32,33,34,35). The number of nitrogens with zero attached hydrogens (tertiary/aromatic N) is 5. The number of amides is 2. The Balaban J connectivity index is 1.16. The maximum atomic E-state index is 13.4. The van der Waals surface area contributed by atoms with E-state index in [1.807, 2.05) is 48.2 Å². The molecule has 2 aromatic carbocycles. The molecule has 9 nitrogen and oxygen atoms in total. The van der Waals surface area contributed by atoms with E-state index in [0.717, 1.165) is 39.6 Å². The second kappa shape index (κ2) is 11.9. The minimum Gasteiger partial charge on any atom is -0.339 e. The summed E-state index contributed by atoms with van der Waals surface area (Å²) in [5.41, 5.74) is 4.61. The highest BCUT2D eigenvalue weighted by molar-refractivity contribution is 8.00. The highest BCUT2D eigenvalue weighted by atomic mass is 32.2. The van der Waals surface area contributed by atoms with Crippen LogP contribution in [0.2, 0.25) is 0 Å². The molecule has 11 heteroatoms. The Kier molecular flexibility index (Phi) is 8.32. The lowest BCUT2D eigenvalue weighted by Crippen LogP contribution is -2.38. The van der Waals surface area contributed by atoms with E-state index < -0.39 is 0 Å². The van der Waals surface area contributed by atoms with Crippen molar-refractivity contribution < 1.29 is 9.59 Å². The summed E-state index contributed by atoms with van der Waals surface area (Å²) in [4.78, 5) is 32.4. The van der Waals surface area contributed by atoms with Crippen molar-refractivity contribution >= 4 is 40.0 Å². The molecular formula is C29H33N7O2S2. The number of likely N-dealkylation sites (tertiary alicyclic amines) is 1. The predicted octanol–water partition coefficient (Wildman–Crippen LogP) is 5.83. The van der Waals surface area contributed by atoms with Crippen LogP contribution in [0.5, 0.6) is 0 Å². The number of hydrogen-bond acceptors (Lipinski definition) is 8. The SMILES string of the molecule is Cc1ccc(CSc2cnc(NC(=O)c3ccc(C(C)(C)C)cc3)s2)cc1C(=O)N1CCC(c2nn[nH]n2)CC1. The number of tetrazole rings is 1. The van der Waals surface area contributed by atoms with E-state index in [2.05, 4.69) is 57.8 Å². The van der Waals surface area contributed by atoms with Crippen molar-refractivity contribution in [3.05, 3.63) is 82.3 Å². The Morgan fingerprint density at radius 1 is 1.12 bits per heavy atom. The first-order valence-corrected chi connectivity index (χ1v) is 15.1.